The van der Waals surface area contributed by atoms with Crippen LogP contribution in [0.5, 0.6) is 0 Å². The number of carbonyl (C=O) groups excluding carboxylic acids is 2. The van der Waals surface area contributed by atoms with E-state index in [1.165, 1.54) is 58.4 Å². The summed E-state index contributed by atoms with van der Waals surface area (Å²) in [5, 5.41) is 0. The third-order valence-corrected chi connectivity index (χ3v) is 13.7. The molecule has 2 aliphatic carbocycles. The number of Topliss-reactive ketones (excluding diaryl/α,β-unsaturated/α-hetero) is 1. The number of hydrogen-bond acceptors (Lipinski definition) is 6. The largest absolute Gasteiger partial charge is 0.454 e. The van der Waals surface area contributed by atoms with Gasteiger partial charge >= 0.3 is 5.97 Å². The summed E-state index contributed by atoms with van der Waals surface area (Å²) in [5.41, 5.74) is -0.325. The lowest BCUT2D eigenvalue weighted by atomic mass is 9.42. The first-order valence-electron chi connectivity index (χ1n) is 15.7. The minimum Gasteiger partial charge on any atom is -0.454 e. The highest BCUT2D eigenvalue weighted by Gasteiger charge is 2.80. The molecule has 12 atom stereocenters. The van der Waals surface area contributed by atoms with Gasteiger partial charge in [0.1, 0.15) is 0 Å². The first kappa shape index (κ1) is 26.0. The number of esters is 1. The Kier molecular flexibility index (Phi) is 5.51. The van der Waals surface area contributed by atoms with Crippen LogP contribution in [0.15, 0.2) is 0 Å². The smallest absolute Gasteiger partial charge is 0.303 e. The van der Waals surface area contributed by atoms with Gasteiger partial charge in [-0.2, -0.15) is 0 Å². The second-order valence-electron chi connectivity index (χ2n) is 15.4. The van der Waals surface area contributed by atoms with Gasteiger partial charge in [-0.15, -0.1) is 0 Å². The molecule has 6 heteroatoms. The molecule has 1 spiro atoms. The third kappa shape index (κ3) is 3.01. The molecule has 2 saturated carbocycles. The number of nitrogens with zero attached hydrogens (tertiary/aromatic N) is 1. The van der Waals surface area contributed by atoms with Crippen molar-refractivity contribution in [3.8, 4) is 0 Å². The topological polar surface area (TPSA) is 65.1 Å². The fraction of sp³-hybridized carbons (Fsp3) is 0.938. The Hall–Kier alpha value is -0.980. The van der Waals surface area contributed by atoms with Gasteiger partial charge in [-0.05, 0) is 94.3 Å². The zero-order valence-corrected chi connectivity index (χ0v) is 24.5. The molecule has 7 rings (SSSR count). The van der Waals surface area contributed by atoms with E-state index in [0.717, 1.165) is 12.8 Å². The van der Waals surface area contributed by atoms with E-state index in [0.29, 0.717) is 42.7 Å². The van der Waals surface area contributed by atoms with Crippen LogP contribution in [0.4, 0.5) is 0 Å². The number of carbonyl (C=O) groups is 2. The summed E-state index contributed by atoms with van der Waals surface area (Å²) in [6, 6.07) is 0.482. The Balaban J connectivity index is 1.33. The molecule has 7 fully saturated rings. The van der Waals surface area contributed by atoms with Crippen LogP contribution in [-0.2, 0) is 23.8 Å². The molecule has 212 valence electrons. The van der Waals surface area contributed by atoms with E-state index in [2.05, 4.69) is 25.7 Å². The molecule has 5 saturated heterocycles. The van der Waals surface area contributed by atoms with Crippen LogP contribution in [0.1, 0.15) is 106 Å². The van der Waals surface area contributed by atoms with E-state index >= 15 is 0 Å². The van der Waals surface area contributed by atoms with Crippen molar-refractivity contribution in [1.29, 1.82) is 0 Å². The maximum Gasteiger partial charge on any atom is 0.303 e. The summed E-state index contributed by atoms with van der Waals surface area (Å²) in [6.45, 7) is 14.4. The van der Waals surface area contributed by atoms with Crippen LogP contribution in [0.3, 0.4) is 0 Å². The number of piperidine rings is 2. The minimum atomic E-state index is -0.792. The normalized spacial score (nSPS) is 54.7. The predicted molar refractivity (Wildman–Crippen MR) is 143 cm³/mol. The van der Waals surface area contributed by atoms with Gasteiger partial charge in [0.25, 0.3) is 0 Å². The molecule has 0 aromatic heterocycles. The van der Waals surface area contributed by atoms with E-state index < -0.39 is 17.3 Å². The van der Waals surface area contributed by atoms with Gasteiger partial charge in [0, 0.05) is 36.9 Å². The third-order valence-electron chi connectivity index (χ3n) is 13.7. The zero-order valence-electron chi connectivity index (χ0n) is 24.5. The zero-order chi connectivity index (χ0) is 26.9. The molecule has 7 aliphatic rings. The van der Waals surface area contributed by atoms with Crippen molar-refractivity contribution >= 4 is 11.8 Å². The summed E-state index contributed by atoms with van der Waals surface area (Å²) >= 11 is 0. The molecular weight excluding hydrogens is 478 g/mol. The quantitative estimate of drug-likeness (QED) is 0.424. The lowest BCUT2D eigenvalue weighted by molar-refractivity contribution is -0.284. The summed E-state index contributed by atoms with van der Waals surface area (Å²) < 4.78 is 18.6. The summed E-state index contributed by atoms with van der Waals surface area (Å²) in [6.07, 6.45) is 10.4. The second-order valence-corrected chi connectivity index (χ2v) is 15.4. The molecule has 0 aromatic carbocycles. The minimum absolute atomic E-state index is 0.00279. The molecule has 5 heterocycles. The number of ketones is 1. The van der Waals surface area contributed by atoms with Crippen LogP contribution in [0.25, 0.3) is 0 Å². The Morgan fingerprint density at radius 3 is 2.55 bits per heavy atom. The van der Waals surface area contributed by atoms with Crippen LogP contribution in [-0.4, -0.2) is 59.4 Å². The van der Waals surface area contributed by atoms with Crippen molar-refractivity contribution in [2.75, 3.05) is 13.2 Å². The summed E-state index contributed by atoms with van der Waals surface area (Å²) in [7, 11) is 0. The highest BCUT2D eigenvalue weighted by molar-refractivity contribution is 5.91. The van der Waals surface area contributed by atoms with Crippen LogP contribution in [0.2, 0.25) is 0 Å². The standard InChI is InChI=1S/C32H49NO5/c1-19(2)22-10-13-29(5)21-9-15-31-12-7-8-24(31)32(29,26(22)33(31)17-21)16-23(37-20(3)34)27(35)28(4)18-36-30(6)14-11-25(28)38-30/h19,21-26H,7-18H2,1-6H3/t21-,22-,23+,24-,25+,26+,28-,29?,30-,31-,32?/m1/s1. The van der Waals surface area contributed by atoms with Crippen molar-refractivity contribution in [2.24, 2.45) is 39.9 Å². The molecule has 6 nitrogen and oxygen atoms in total. The molecule has 38 heavy (non-hydrogen) atoms. The van der Waals surface area contributed by atoms with Crippen molar-refractivity contribution in [3.05, 3.63) is 0 Å². The van der Waals surface area contributed by atoms with E-state index in [1.54, 1.807) is 0 Å². The van der Waals surface area contributed by atoms with Crippen molar-refractivity contribution < 1.29 is 23.8 Å². The molecule has 0 radical (unpaired) electrons. The SMILES string of the molecule is CC(=O)O[C@@H](CC12[C@@H]3[C@@H](C(C)C)CCC1(C)[C@@H]1CC[C@@]4(CCC[C@@H]24)N3C1)C(=O)[C@]1(C)CO[C@@]2(C)CC[C@@H]1O2. The summed E-state index contributed by atoms with van der Waals surface area (Å²) in [5.74, 6) is 1.60. The lowest BCUT2D eigenvalue weighted by Gasteiger charge is -2.67. The molecule has 3 unspecified atom stereocenters. The van der Waals surface area contributed by atoms with Crippen LogP contribution >= 0.6 is 0 Å². The van der Waals surface area contributed by atoms with Crippen LogP contribution < -0.4 is 0 Å². The maximum absolute atomic E-state index is 14.7. The number of ether oxygens (including phenoxy) is 3. The van der Waals surface area contributed by atoms with E-state index in [1.807, 2.05) is 13.8 Å². The Bertz CT molecular complexity index is 1040. The molecule has 0 aromatic rings. The van der Waals surface area contributed by atoms with Crippen LogP contribution in [0, 0.1) is 39.9 Å². The molecular formula is C32H49NO5. The van der Waals surface area contributed by atoms with Gasteiger partial charge < -0.3 is 14.2 Å². The number of rotatable bonds is 6. The van der Waals surface area contributed by atoms with Gasteiger partial charge in [0.2, 0.25) is 0 Å². The van der Waals surface area contributed by atoms with Crippen molar-refractivity contribution in [2.45, 2.75) is 135 Å². The summed E-state index contributed by atoms with van der Waals surface area (Å²) in [4.78, 5) is 30.3. The van der Waals surface area contributed by atoms with Gasteiger partial charge in [0.05, 0.1) is 18.1 Å². The van der Waals surface area contributed by atoms with Gasteiger partial charge in [-0.1, -0.05) is 27.2 Å². The Morgan fingerprint density at radius 2 is 1.82 bits per heavy atom. The first-order chi connectivity index (χ1) is 17.9. The van der Waals surface area contributed by atoms with E-state index in [4.69, 9.17) is 14.2 Å². The number of hydrogen-bond donors (Lipinski definition) is 0. The molecule has 5 aliphatic heterocycles. The Labute approximate surface area is 228 Å². The van der Waals surface area contributed by atoms with Crippen molar-refractivity contribution in [3.63, 3.8) is 0 Å². The number of fused-ring (bicyclic) bond motifs is 4. The second kappa shape index (κ2) is 8.06. The molecule has 0 N–H and O–H groups in total. The highest BCUT2D eigenvalue weighted by atomic mass is 16.7. The predicted octanol–water partition coefficient (Wildman–Crippen LogP) is 5.51. The maximum atomic E-state index is 14.7. The monoisotopic (exact) mass is 527 g/mol. The first-order valence-corrected chi connectivity index (χ1v) is 15.7. The highest BCUT2D eigenvalue weighted by Crippen LogP contribution is 2.79. The fourth-order valence-electron chi connectivity index (χ4n) is 11.9. The lowest BCUT2D eigenvalue weighted by Crippen LogP contribution is -2.69. The van der Waals surface area contributed by atoms with Gasteiger partial charge in [0.15, 0.2) is 17.7 Å². The van der Waals surface area contributed by atoms with E-state index in [9.17, 15) is 9.59 Å². The molecule has 0 amide bonds. The van der Waals surface area contributed by atoms with Gasteiger partial charge in [-0.3, -0.25) is 14.5 Å². The van der Waals surface area contributed by atoms with Gasteiger partial charge in [-0.25, -0.2) is 0 Å². The van der Waals surface area contributed by atoms with E-state index in [-0.39, 0.29) is 34.2 Å². The average molecular weight is 528 g/mol. The average Bonchev–Trinajstić information content (AvgIpc) is 3.47. The molecule has 7 bridgehead atoms. The fourth-order valence-corrected chi connectivity index (χ4v) is 11.9. The van der Waals surface area contributed by atoms with Crippen molar-refractivity contribution in [1.82, 2.24) is 4.90 Å². The Morgan fingerprint density at radius 1 is 1.03 bits per heavy atom.